The molecule has 126 valence electrons. The molecule has 0 aliphatic heterocycles. The molecule has 0 N–H and O–H groups in total. The van der Waals surface area contributed by atoms with Crippen LogP contribution in [0.2, 0.25) is 19.6 Å². The molecule has 25 heavy (non-hydrogen) atoms. The topological polar surface area (TPSA) is 9.23 Å². The molecule has 0 radical (unpaired) electrons. The first-order valence-electron chi connectivity index (χ1n) is 8.88. The van der Waals surface area contributed by atoms with E-state index in [1.165, 1.54) is 33.0 Å². The number of hydrogen-bond acceptors (Lipinski definition) is 1. The van der Waals surface area contributed by atoms with Crippen LogP contribution in [0.25, 0.3) is 16.3 Å². The van der Waals surface area contributed by atoms with Crippen molar-refractivity contribution >= 4 is 24.7 Å². The monoisotopic (exact) mass is 344 g/mol. The lowest BCUT2D eigenvalue weighted by Gasteiger charge is -2.33. The summed E-state index contributed by atoms with van der Waals surface area (Å²) >= 11 is 0. The molecule has 3 aromatic rings. The maximum atomic E-state index is 6.73. The van der Waals surface area contributed by atoms with Gasteiger partial charge >= 0.3 is 0 Å². The van der Waals surface area contributed by atoms with Crippen molar-refractivity contribution < 1.29 is 4.43 Å². The third-order valence-electron chi connectivity index (χ3n) is 4.74. The Balaban J connectivity index is 2.01. The Morgan fingerprint density at radius 2 is 1.48 bits per heavy atom. The van der Waals surface area contributed by atoms with Gasteiger partial charge in [-0.2, -0.15) is 0 Å². The summed E-state index contributed by atoms with van der Waals surface area (Å²) in [6.45, 7) is 9.01. The lowest BCUT2D eigenvalue weighted by atomic mass is 9.91. The number of rotatable bonds is 3. The SMILES string of the molecule is CC1(O[Si](C)(C)C)C=C(c2ccccc2)c2ccc3ccccc3c21. The van der Waals surface area contributed by atoms with Gasteiger partial charge in [-0.3, -0.25) is 0 Å². The molecule has 0 amide bonds. The summed E-state index contributed by atoms with van der Waals surface area (Å²) in [5, 5.41) is 2.57. The van der Waals surface area contributed by atoms with E-state index in [0.717, 1.165) is 0 Å². The number of hydrogen-bond donors (Lipinski definition) is 0. The molecule has 1 aliphatic carbocycles. The van der Waals surface area contributed by atoms with Crippen LogP contribution in [0.3, 0.4) is 0 Å². The number of fused-ring (bicyclic) bond motifs is 3. The fourth-order valence-corrected chi connectivity index (χ4v) is 5.46. The highest BCUT2D eigenvalue weighted by Crippen LogP contribution is 2.48. The highest BCUT2D eigenvalue weighted by Gasteiger charge is 2.39. The molecular formula is C23H24OSi. The lowest BCUT2D eigenvalue weighted by molar-refractivity contribution is 0.138. The minimum Gasteiger partial charge on any atom is -0.405 e. The zero-order valence-corrected chi connectivity index (χ0v) is 16.3. The van der Waals surface area contributed by atoms with Gasteiger partial charge in [0.2, 0.25) is 0 Å². The van der Waals surface area contributed by atoms with Gasteiger partial charge in [0.1, 0.15) is 0 Å². The van der Waals surface area contributed by atoms with Gasteiger partial charge in [-0.25, -0.2) is 0 Å². The zero-order valence-electron chi connectivity index (χ0n) is 15.3. The van der Waals surface area contributed by atoms with Crippen molar-refractivity contribution in [3.05, 3.63) is 89.5 Å². The minimum atomic E-state index is -1.73. The molecule has 2 heteroatoms. The van der Waals surface area contributed by atoms with Crippen molar-refractivity contribution in [3.63, 3.8) is 0 Å². The first kappa shape index (κ1) is 16.3. The Bertz CT molecular complexity index is 966. The molecule has 3 aromatic carbocycles. The second kappa shape index (κ2) is 5.69. The van der Waals surface area contributed by atoms with E-state index in [9.17, 15) is 0 Å². The molecule has 0 spiro atoms. The molecule has 0 heterocycles. The van der Waals surface area contributed by atoms with Crippen LogP contribution >= 0.6 is 0 Å². The highest BCUT2D eigenvalue weighted by atomic mass is 28.4. The number of benzene rings is 3. The summed E-state index contributed by atoms with van der Waals surface area (Å²) in [6, 6.07) is 23.8. The van der Waals surface area contributed by atoms with Crippen molar-refractivity contribution in [2.75, 3.05) is 0 Å². The predicted octanol–water partition coefficient (Wildman–Crippen LogP) is 6.35. The van der Waals surface area contributed by atoms with Gasteiger partial charge in [-0.05, 0) is 60.1 Å². The molecule has 0 bridgehead atoms. The summed E-state index contributed by atoms with van der Waals surface area (Å²) in [7, 11) is -1.73. The van der Waals surface area contributed by atoms with Crippen LogP contribution < -0.4 is 0 Å². The largest absolute Gasteiger partial charge is 0.405 e. The van der Waals surface area contributed by atoms with E-state index in [-0.39, 0.29) is 5.60 Å². The summed E-state index contributed by atoms with van der Waals surface area (Å²) in [5.41, 5.74) is 4.76. The van der Waals surface area contributed by atoms with E-state index >= 15 is 0 Å². The van der Waals surface area contributed by atoms with Crippen LogP contribution in [0.4, 0.5) is 0 Å². The van der Waals surface area contributed by atoms with E-state index < -0.39 is 8.32 Å². The molecule has 0 saturated carbocycles. The van der Waals surface area contributed by atoms with Crippen LogP contribution in [0.15, 0.2) is 72.8 Å². The van der Waals surface area contributed by atoms with Crippen molar-refractivity contribution in [1.29, 1.82) is 0 Å². The van der Waals surface area contributed by atoms with Gasteiger partial charge in [-0.1, -0.05) is 66.7 Å². The zero-order chi connectivity index (χ0) is 17.7. The average Bonchev–Trinajstić information content (AvgIpc) is 2.87. The van der Waals surface area contributed by atoms with E-state index in [1.807, 2.05) is 0 Å². The van der Waals surface area contributed by atoms with Crippen LogP contribution in [0.5, 0.6) is 0 Å². The van der Waals surface area contributed by atoms with Crippen LogP contribution in [0.1, 0.15) is 23.6 Å². The van der Waals surface area contributed by atoms with E-state index in [0.29, 0.717) is 0 Å². The van der Waals surface area contributed by atoms with Crippen LogP contribution in [-0.2, 0) is 10.0 Å². The second-order valence-corrected chi connectivity index (χ2v) is 12.4. The molecular weight excluding hydrogens is 320 g/mol. The molecule has 1 atom stereocenters. The van der Waals surface area contributed by atoms with Gasteiger partial charge in [0.05, 0.1) is 5.60 Å². The van der Waals surface area contributed by atoms with Crippen molar-refractivity contribution in [2.24, 2.45) is 0 Å². The first-order chi connectivity index (χ1) is 11.9. The Labute approximate surface area is 151 Å². The lowest BCUT2D eigenvalue weighted by Crippen LogP contribution is -2.36. The summed E-state index contributed by atoms with van der Waals surface area (Å²) in [5.74, 6) is 0. The van der Waals surface area contributed by atoms with Gasteiger partial charge in [0, 0.05) is 5.56 Å². The second-order valence-electron chi connectivity index (χ2n) is 7.95. The van der Waals surface area contributed by atoms with Crippen molar-refractivity contribution in [3.8, 4) is 0 Å². The fourth-order valence-electron chi connectivity index (χ4n) is 4.03. The Morgan fingerprint density at radius 3 is 2.20 bits per heavy atom. The molecule has 0 fully saturated rings. The van der Waals surface area contributed by atoms with Crippen LogP contribution in [0, 0.1) is 0 Å². The van der Waals surface area contributed by atoms with Crippen molar-refractivity contribution in [2.45, 2.75) is 32.2 Å². The van der Waals surface area contributed by atoms with Gasteiger partial charge in [-0.15, -0.1) is 0 Å². The average molecular weight is 345 g/mol. The maximum Gasteiger partial charge on any atom is 0.185 e. The normalized spacial score (nSPS) is 19.8. The molecule has 0 aromatic heterocycles. The Morgan fingerprint density at radius 1 is 0.800 bits per heavy atom. The van der Waals surface area contributed by atoms with Gasteiger partial charge in [0.25, 0.3) is 0 Å². The summed E-state index contributed by atoms with van der Waals surface area (Å²) < 4.78 is 6.73. The summed E-state index contributed by atoms with van der Waals surface area (Å²) in [6.07, 6.45) is 2.33. The van der Waals surface area contributed by atoms with E-state index in [2.05, 4.69) is 99.4 Å². The smallest absolute Gasteiger partial charge is 0.185 e. The minimum absolute atomic E-state index is 0.383. The van der Waals surface area contributed by atoms with E-state index in [1.54, 1.807) is 0 Å². The van der Waals surface area contributed by atoms with Crippen molar-refractivity contribution in [1.82, 2.24) is 0 Å². The molecule has 4 rings (SSSR count). The van der Waals surface area contributed by atoms with Crippen LogP contribution in [-0.4, -0.2) is 8.32 Å². The van der Waals surface area contributed by atoms with Gasteiger partial charge in [0.15, 0.2) is 8.32 Å². The summed E-state index contributed by atoms with van der Waals surface area (Å²) in [4.78, 5) is 0. The Kier molecular flexibility index (Phi) is 3.71. The van der Waals surface area contributed by atoms with E-state index in [4.69, 9.17) is 4.43 Å². The molecule has 1 nitrogen and oxygen atoms in total. The Hall–Kier alpha value is -2.16. The highest BCUT2D eigenvalue weighted by molar-refractivity contribution is 6.69. The molecule has 1 unspecified atom stereocenters. The predicted molar refractivity (Wildman–Crippen MR) is 109 cm³/mol. The quantitative estimate of drug-likeness (QED) is 0.503. The standard InChI is InChI=1S/C23H24OSi/c1-23(24-25(2,3)4)16-21(17-10-6-5-7-11-17)20-15-14-18-12-8-9-13-19(18)22(20)23/h5-16H,1-4H3. The third kappa shape index (κ3) is 2.86. The van der Waals surface area contributed by atoms with Gasteiger partial charge < -0.3 is 4.43 Å². The third-order valence-corrected chi connectivity index (χ3v) is 5.77. The fraction of sp³-hybridized carbons (Fsp3) is 0.217. The maximum absolute atomic E-state index is 6.73. The molecule has 1 aliphatic rings. The molecule has 0 saturated heterocycles. The first-order valence-corrected chi connectivity index (χ1v) is 12.3.